The molecule has 2 heterocycles. The van der Waals surface area contributed by atoms with Gasteiger partial charge in [0.05, 0.1) is 28.8 Å². The molecule has 1 atom stereocenters. The van der Waals surface area contributed by atoms with E-state index in [0.29, 0.717) is 16.3 Å². The normalized spacial score (nSPS) is 12.6. The molecular formula is C14H13ClN4O. The van der Waals surface area contributed by atoms with Gasteiger partial charge in [-0.1, -0.05) is 29.8 Å². The molecule has 1 aromatic carbocycles. The molecule has 0 aliphatic rings. The van der Waals surface area contributed by atoms with Crippen LogP contribution in [0.25, 0.3) is 5.69 Å². The van der Waals surface area contributed by atoms with Crippen LogP contribution in [0.5, 0.6) is 0 Å². The highest BCUT2D eigenvalue weighted by atomic mass is 35.5. The van der Waals surface area contributed by atoms with E-state index in [1.54, 1.807) is 28.8 Å². The van der Waals surface area contributed by atoms with Gasteiger partial charge in [0.25, 0.3) is 0 Å². The molecule has 0 spiro atoms. The summed E-state index contributed by atoms with van der Waals surface area (Å²) in [4.78, 5) is 0. The van der Waals surface area contributed by atoms with Crippen LogP contribution < -0.4 is 0 Å². The fourth-order valence-corrected chi connectivity index (χ4v) is 2.35. The second kappa shape index (κ2) is 5.11. The number of hydrogen-bond acceptors (Lipinski definition) is 3. The number of nitrogens with zero attached hydrogens (tertiary/aromatic N) is 4. The molecule has 0 saturated heterocycles. The second-order valence-electron chi connectivity index (χ2n) is 4.46. The summed E-state index contributed by atoms with van der Waals surface area (Å²) >= 11 is 6.04. The zero-order valence-electron chi connectivity index (χ0n) is 10.8. The Labute approximate surface area is 121 Å². The molecule has 3 aromatic rings. The summed E-state index contributed by atoms with van der Waals surface area (Å²) in [7, 11) is 1.74. The van der Waals surface area contributed by atoms with E-state index in [9.17, 15) is 5.11 Å². The molecule has 0 aliphatic carbocycles. The third kappa shape index (κ3) is 2.21. The van der Waals surface area contributed by atoms with Gasteiger partial charge in [0.2, 0.25) is 0 Å². The first-order valence-corrected chi connectivity index (χ1v) is 6.50. The summed E-state index contributed by atoms with van der Waals surface area (Å²) in [6.45, 7) is 0. The molecule has 20 heavy (non-hydrogen) atoms. The van der Waals surface area contributed by atoms with E-state index in [2.05, 4.69) is 10.2 Å². The van der Waals surface area contributed by atoms with E-state index in [-0.39, 0.29) is 0 Å². The van der Waals surface area contributed by atoms with E-state index >= 15 is 0 Å². The molecule has 0 amide bonds. The van der Waals surface area contributed by atoms with Crippen molar-refractivity contribution in [3.63, 3.8) is 0 Å². The fraction of sp³-hybridized carbons (Fsp3) is 0.143. The molecular weight excluding hydrogens is 276 g/mol. The molecule has 0 radical (unpaired) electrons. The van der Waals surface area contributed by atoms with Crippen LogP contribution >= 0.6 is 11.6 Å². The van der Waals surface area contributed by atoms with Crippen molar-refractivity contribution in [3.8, 4) is 5.69 Å². The van der Waals surface area contributed by atoms with Gasteiger partial charge in [0, 0.05) is 18.8 Å². The molecule has 0 fully saturated rings. The smallest absolute Gasteiger partial charge is 0.125 e. The van der Waals surface area contributed by atoms with Crippen LogP contribution in [0.2, 0.25) is 5.02 Å². The van der Waals surface area contributed by atoms with Gasteiger partial charge in [-0.3, -0.25) is 4.68 Å². The largest absolute Gasteiger partial charge is 0.382 e. The highest BCUT2D eigenvalue weighted by Crippen LogP contribution is 2.27. The van der Waals surface area contributed by atoms with Crippen molar-refractivity contribution < 1.29 is 5.11 Å². The van der Waals surface area contributed by atoms with Gasteiger partial charge in [0.1, 0.15) is 6.10 Å². The van der Waals surface area contributed by atoms with Crippen LogP contribution in [0.3, 0.4) is 0 Å². The molecule has 0 aliphatic heterocycles. The maximum Gasteiger partial charge on any atom is 0.125 e. The lowest BCUT2D eigenvalue weighted by atomic mass is 10.1. The molecule has 1 N–H and O–H groups in total. The van der Waals surface area contributed by atoms with Crippen molar-refractivity contribution >= 4 is 11.6 Å². The third-order valence-corrected chi connectivity index (χ3v) is 3.43. The molecule has 0 bridgehead atoms. The van der Waals surface area contributed by atoms with Crippen molar-refractivity contribution in [1.29, 1.82) is 0 Å². The van der Waals surface area contributed by atoms with Crippen LogP contribution in [-0.2, 0) is 7.05 Å². The minimum Gasteiger partial charge on any atom is -0.382 e. The summed E-state index contributed by atoms with van der Waals surface area (Å²) < 4.78 is 3.27. The van der Waals surface area contributed by atoms with Gasteiger partial charge < -0.3 is 5.11 Å². The second-order valence-corrected chi connectivity index (χ2v) is 4.86. The number of aliphatic hydroxyl groups excluding tert-OH is 1. The van der Waals surface area contributed by atoms with Gasteiger partial charge in [-0.15, -0.1) is 0 Å². The molecule has 5 nitrogen and oxygen atoms in total. The predicted molar refractivity (Wildman–Crippen MR) is 75.8 cm³/mol. The molecule has 102 valence electrons. The standard InChI is InChI=1S/C14H13ClN4O/c1-18-13(12(15)8-16-18)14(20)10-7-17-19(9-10)11-5-3-2-4-6-11/h2-9,14,20H,1H3. The molecule has 3 rings (SSSR count). The van der Waals surface area contributed by atoms with Gasteiger partial charge >= 0.3 is 0 Å². The van der Waals surface area contributed by atoms with Crippen LogP contribution in [0.15, 0.2) is 48.9 Å². The minimum absolute atomic E-state index is 0.437. The topological polar surface area (TPSA) is 55.9 Å². The summed E-state index contributed by atoms with van der Waals surface area (Å²) in [5, 5.41) is 19.1. The van der Waals surface area contributed by atoms with E-state index in [0.717, 1.165) is 5.69 Å². The van der Waals surface area contributed by atoms with Crippen LogP contribution in [0, 0.1) is 0 Å². The Morgan fingerprint density at radius 3 is 2.55 bits per heavy atom. The Bertz CT molecular complexity index is 700. The third-order valence-electron chi connectivity index (χ3n) is 3.14. The van der Waals surface area contributed by atoms with Gasteiger partial charge in [-0.2, -0.15) is 10.2 Å². The Hall–Kier alpha value is -2.11. The van der Waals surface area contributed by atoms with E-state index < -0.39 is 6.10 Å². The summed E-state index contributed by atoms with van der Waals surface area (Å²) in [6.07, 6.45) is 4.07. The zero-order valence-corrected chi connectivity index (χ0v) is 11.6. The highest BCUT2D eigenvalue weighted by Gasteiger charge is 2.20. The highest BCUT2D eigenvalue weighted by molar-refractivity contribution is 6.31. The first-order chi connectivity index (χ1) is 9.66. The summed E-state index contributed by atoms with van der Waals surface area (Å²) in [5.74, 6) is 0. The average molecular weight is 289 g/mol. The number of aryl methyl sites for hydroxylation is 1. The summed E-state index contributed by atoms with van der Waals surface area (Å²) in [5.41, 5.74) is 2.15. The Morgan fingerprint density at radius 2 is 1.90 bits per heavy atom. The van der Waals surface area contributed by atoms with Crippen LogP contribution in [-0.4, -0.2) is 24.7 Å². The van der Waals surface area contributed by atoms with E-state index in [4.69, 9.17) is 11.6 Å². The first kappa shape index (κ1) is 12.9. The number of para-hydroxylation sites is 1. The summed E-state index contributed by atoms with van der Waals surface area (Å²) in [6, 6.07) is 9.70. The lowest BCUT2D eigenvalue weighted by Crippen LogP contribution is -2.06. The minimum atomic E-state index is -0.854. The predicted octanol–water partition coefficient (Wildman–Crippen LogP) is 2.34. The van der Waals surface area contributed by atoms with Crippen molar-refractivity contribution in [2.24, 2.45) is 7.05 Å². The molecule has 1 unspecified atom stereocenters. The number of aliphatic hydroxyl groups is 1. The molecule has 6 heteroatoms. The number of benzene rings is 1. The Morgan fingerprint density at radius 1 is 1.15 bits per heavy atom. The quantitative estimate of drug-likeness (QED) is 0.805. The lowest BCUT2D eigenvalue weighted by Gasteiger charge is -2.09. The van der Waals surface area contributed by atoms with Gasteiger partial charge in [-0.25, -0.2) is 4.68 Å². The van der Waals surface area contributed by atoms with Crippen molar-refractivity contribution in [1.82, 2.24) is 19.6 Å². The number of aromatic nitrogens is 4. The number of hydrogen-bond donors (Lipinski definition) is 1. The fourth-order valence-electron chi connectivity index (χ4n) is 2.09. The maximum absolute atomic E-state index is 10.4. The van der Waals surface area contributed by atoms with E-state index in [1.165, 1.54) is 6.20 Å². The Kier molecular flexibility index (Phi) is 3.30. The van der Waals surface area contributed by atoms with Gasteiger partial charge in [0.15, 0.2) is 0 Å². The zero-order chi connectivity index (χ0) is 14.1. The van der Waals surface area contributed by atoms with Gasteiger partial charge in [-0.05, 0) is 12.1 Å². The van der Waals surface area contributed by atoms with Crippen molar-refractivity contribution in [2.45, 2.75) is 6.10 Å². The van der Waals surface area contributed by atoms with Crippen LogP contribution in [0.4, 0.5) is 0 Å². The first-order valence-electron chi connectivity index (χ1n) is 6.12. The number of rotatable bonds is 3. The maximum atomic E-state index is 10.4. The monoisotopic (exact) mass is 288 g/mol. The van der Waals surface area contributed by atoms with Crippen molar-refractivity contribution in [2.75, 3.05) is 0 Å². The van der Waals surface area contributed by atoms with Crippen LogP contribution in [0.1, 0.15) is 17.4 Å². The molecule has 2 aromatic heterocycles. The lowest BCUT2D eigenvalue weighted by molar-refractivity contribution is 0.210. The number of halogens is 1. The average Bonchev–Trinajstić information content (AvgIpc) is 3.07. The molecule has 0 saturated carbocycles. The Balaban J connectivity index is 1.95. The van der Waals surface area contributed by atoms with Crippen molar-refractivity contribution in [3.05, 3.63) is 65.2 Å². The van der Waals surface area contributed by atoms with E-state index in [1.807, 2.05) is 30.3 Å². The SMILES string of the molecule is Cn1ncc(Cl)c1C(O)c1cnn(-c2ccccc2)c1.